The number of carbonyl (C=O) groups is 3. The molecule has 3 amide bonds. The fourth-order valence-corrected chi connectivity index (χ4v) is 7.34. The highest BCUT2D eigenvalue weighted by Gasteiger charge is 2.71. The summed E-state index contributed by atoms with van der Waals surface area (Å²) in [5.41, 5.74) is 6.22. The zero-order valence-corrected chi connectivity index (χ0v) is 24.3. The molecule has 3 aliphatic heterocycles. The average Bonchev–Trinajstić information content (AvgIpc) is 3.48. The van der Waals surface area contributed by atoms with E-state index in [0.29, 0.717) is 33.9 Å². The van der Waals surface area contributed by atoms with Crippen molar-refractivity contribution >= 4 is 52.3 Å². The molecule has 4 atom stereocenters. The number of nitrogens with one attached hydrogen (secondary N) is 1. The van der Waals surface area contributed by atoms with Gasteiger partial charge in [0.2, 0.25) is 17.7 Å². The highest BCUT2D eigenvalue weighted by atomic mass is 35.5. The first kappa shape index (κ1) is 27.7. The summed E-state index contributed by atoms with van der Waals surface area (Å²) < 4.78 is 16.0. The molecule has 0 radical (unpaired) electrons. The number of carbonyl (C=O) groups excluding carboxylic acids is 3. The van der Waals surface area contributed by atoms with Crippen molar-refractivity contribution in [3.63, 3.8) is 0 Å². The summed E-state index contributed by atoms with van der Waals surface area (Å²) in [7, 11) is 0. The van der Waals surface area contributed by atoms with E-state index in [9.17, 15) is 14.4 Å². The second-order valence-electron chi connectivity index (χ2n) is 12.2. The van der Waals surface area contributed by atoms with Crippen molar-refractivity contribution in [2.75, 3.05) is 16.9 Å². The third-order valence-electron chi connectivity index (χ3n) is 8.55. The van der Waals surface area contributed by atoms with Crippen LogP contribution < -0.4 is 16.0 Å². The third-order valence-corrected chi connectivity index (χ3v) is 9.08. The maximum absolute atomic E-state index is 16.0. The van der Waals surface area contributed by atoms with Crippen molar-refractivity contribution in [3.8, 4) is 0 Å². The molecule has 41 heavy (non-hydrogen) atoms. The van der Waals surface area contributed by atoms with Gasteiger partial charge in [-0.1, -0.05) is 62.2 Å². The lowest BCUT2D eigenvalue weighted by Crippen LogP contribution is -2.52. The Bertz CT molecular complexity index is 1610. The average molecular weight is 596 g/mol. The van der Waals surface area contributed by atoms with Gasteiger partial charge in [0, 0.05) is 33.9 Å². The van der Waals surface area contributed by atoms with Crippen molar-refractivity contribution in [2.45, 2.75) is 50.6 Å². The molecule has 3 aliphatic rings. The number of halogens is 3. The largest absolute Gasteiger partial charge is 0.366 e. The molecule has 3 heterocycles. The van der Waals surface area contributed by atoms with Crippen molar-refractivity contribution in [1.82, 2.24) is 4.90 Å². The fourth-order valence-electron chi connectivity index (χ4n) is 6.98. The molecule has 0 aliphatic carbocycles. The van der Waals surface area contributed by atoms with Gasteiger partial charge in [-0.25, -0.2) is 4.39 Å². The second-order valence-corrected chi connectivity index (χ2v) is 13.0. The number of anilines is 2. The Kier molecular flexibility index (Phi) is 6.45. The van der Waals surface area contributed by atoms with E-state index in [1.165, 1.54) is 6.07 Å². The van der Waals surface area contributed by atoms with Gasteiger partial charge in [0.25, 0.3) is 0 Å². The molecule has 2 saturated heterocycles. The Hall–Kier alpha value is -3.46. The van der Waals surface area contributed by atoms with E-state index in [1.807, 2.05) is 11.0 Å². The molecule has 1 spiro atoms. The monoisotopic (exact) mass is 594 g/mol. The number of primary amides is 1. The molecule has 212 valence electrons. The van der Waals surface area contributed by atoms with Crippen LogP contribution in [0.3, 0.4) is 0 Å². The predicted octanol–water partition coefficient (Wildman–Crippen LogP) is 5.70. The van der Waals surface area contributed by atoms with Crippen molar-refractivity contribution in [3.05, 3.63) is 93.2 Å². The SMILES string of the molecule is CC(C)(C)C[C@@H]1N2CN(c3ccc(C(N)=O)cc3)C(=O)[C@H]2C(c2cccc(Cl)c2F)[C@]12C(=O)Nc1cc(Cl)ccc12. The standard InChI is InChI=1S/C31H29Cl2FN4O3/c1-30(2,3)14-23-31(20-12-9-17(32)13-22(20)36-29(31)41)24(19-5-4-6-21(33)25(19)34)26-28(40)37(15-38(23)26)18-10-7-16(8-11-18)27(35)39/h4-13,23-24,26H,14-15H2,1-3H3,(H2,35,39)(H,36,41)/t23-,24?,26+,31+/m0/s1. The molecule has 3 aromatic carbocycles. The summed E-state index contributed by atoms with van der Waals surface area (Å²) in [6.45, 7) is 6.42. The van der Waals surface area contributed by atoms with E-state index in [2.05, 4.69) is 26.1 Å². The van der Waals surface area contributed by atoms with Crippen LogP contribution in [0.15, 0.2) is 60.7 Å². The Morgan fingerprint density at radius 2 is 1.80 bits per heavy atom. The summed E-state index contributed by atoms with van der Waals surface area (Å²) >= 11 is 12.6. The molecular weight excluding hydrogens is 566 g/mol. The Balaban J connectivity index is 1.59. The first-order valence-electron chi connectivity index (χ1n) is 13.4. The number of fused-ring (bicyclic) bond motifs is 3. The van der Waals surface area contributed by atoms with Gasteiger partial charge in [-0.2, -0.15) is 0 Å². The van der Waals surface area contributed by atoms with Crippen LogP contribution in [0.5, 0.6) is 0 Å². The molecule has 10 heteroatoms. The summed E-state index contributed by atoms with van der Waals surface area (Å²) in [6, 6.07) is 15.1. The number of hydrogen-bond donors (Lipinski definition) is 2. The molecule has 3 N–H and O–H groups in total. The number of benzene rings is 3. The van der Waals surface area contributed by atoms with E-state index >= 15 is 4.39 Å². The van der Waals surface area contributed by atoms with Crippen LogP contribution in [0, 0.1) is 11.2 Å². The van der Waals surface area contributed by atoms with Crippen LogP contribution in [0.4, 0.5) is 15.8 Å². The van der Waals surface area contributed by atoms with Gasteiger partial charge in [-0.15, -0.1) is 0 Å². The molecular formula is C31H29Cl2FN4O3. The number of rotatable bonds is 4. The van der Waals surface area contributed by atoms with Gasteiger partial charge in [-0.3, -0.25) is 24.2 Å². The van der Waals surface area contributed by atoms with Gasteiger partial charge in [0.1, 0.15) is 11.2 Å². The Morgan fingerprint density at radius 3 is 2.46 bits per heavy atom. The molecule has 0 saturated carbocycles. The highest BCUT2D eigenvalue weighted by molar-refractivity contribution is 6.31. The quantitative estimate of drug-likeness (QED) is 0.405. The maximum atomic E-state index is 16.0. The minimum Gasteiger partial charge on any atom is -0.366 e. The minimum atomic E-state index is -1.29. The fraction of sp³-hybridized carbons (Fsp3) is 0.323. The lowest BCUT2D eigenvalue weighted by atomic mass is 9.62. The van der Waals surface area contributed by atoms with Crippen LogP contribution in [-0.4, -0.2) is 41.4 Å². The third kappa shape index (κ3) is 4.15. The number of nitrogens with two attached hydrogens (primary N) is 1. The predicted molar refractivity (Wildman–Crippen MR) is 157 cm³/mol. The summed E-state index contributed by atoms with van der Waals surface area (Å²) in [5, 5.41) is 3.39. The summed E-state index contributed by atoms with van der Waals surface area (Å²) in [4.78, 5) is 44.0. The van der Waals surface area contributed by atoms with E-state index in [0.717, 1.165) is 0 Å². The van der Waals surface area contributed by atoms with E-state index in [4.69, 9.17) is 28.9 Å². The van der Waals surface area contributed by atoms with Crippen LogP contribution in [0.25, 0.3) is 0 Å². The van der Waals surface area contributed by atoms with Crippen molar-refractivity contribution < 1.29 is 18.8 Å². The van der Waals surface area contributed by atoms with Crippen molar-refractivity contribution in [2.24, 2.45) is 11.1 Å². The van der Waals surface area contributed by atoms with Crippen LogP contribution in [-0.2, 0) is 15.0 Å². The molecule has 2 fully saturated rings. The zero-order valence-electron chi connectivity index (χ0n) is 22.8. The maximum Gasteiger partial charge on any atom is 0.248 e. The molecule has 7 nitrogen and oxygen atoms in total. The molecule has 1 unspecified atom stereocenters. The first-order chi connectivity index (χ1) is 19.3. The van der Waals surface area contributed by atoms with Crippen molar-refractivity contribution in [1.29, 1.82) is 0 Å². The minimum absolute atomic E-state index is 0.0810. The van der Waals surface area contributed by atoms with Gasteiger partial charge in [-0.05, 0) is 65.4 Å². The Morgan fingerprint density at radius 1 is 1.10 bits per heavy atom. The van der Waals surface area contributed by atoms with E-state index in [1.54, 1.807) is 53.4 Å². The van der Waals surface area contributed by atoms with Gasteiger partial charge >= 0.3 is 0 Å². The van der Waals surface area contributed by atoms with Crippen LogP contribution >= 0.6 is 23.2 Å². The normalized spacial score (nSPS) is 25.5. The topological polar surface area (TPSA) is 95.7 Å². The molecule has 6 rings (SSSR count). The smallest absolute Gasteiger partial charge is 0.248 e. The first-order valence-corrected chi connectivity index (χ1v) is 14.1. The molecule has 3 aromatic rings. The summed E-state index contributed by atoms with van der Waals surface area (Å²) in [5.74, 6) is -2.68. The number of nitrogens with zero attached hydrogens (tertiary/aromatic N) is 2. The second kappa shape index (κ2) is 9.54. The lowest BCUT2D eigenvalue weighted by Gasteiger charge is -2.40. The Labute approximate surface area is 247 Å². The number of hydrogen-bond acceptors (Lipinski definition) is 4. The molecule has 0 bridgehead atoms. The van der Waals surface area contributed by atoms with E-state index in [-0.39, 0.29) is 34.5 Å². The summed E-state index contributed by atoms with van der Waals surface area (Å²) in [6.07, 6.45) is 0.541. The molecule has 0 aromatic heterocycles. The lowest BCUT2D eigenvalue weighted by molar-refractivity contribution is -0.122. The number of amides is 3. The van der Waals surface area contributed by atoms with E-state index < -0.39 is 35.1 Å². The van der Waals surface area contributed by atoms with Crippen LogP contribution in [0.1, 0.15) is 54.6 Å². The zero-order chi connectivity index (χ0) is 29.4. The van der Waals surface area contributed by atoms with Gasteiger partial charge in [0.15, 0.2) is 0 Å². The van der Waals surface area contributed by atoms with Gasteiger partial charge < -0.3 is 11.1 Å². The highest BCUT2D eigenvalue weighted by Crippen LogP contribution is 2.61. The van der Waals surface area contributed by atoms with Gasteiger partial charge in [0.05, 0.1) is 17.7 Å². The van der Waals surface area contributed by atoms with Crippen LogP contribution in [0.2, 0.25) is 10.0 Å².